The average molecular weight is 249 g/mol. The summed E-state index contributed by atoms with van der Waals surface area (Å²) in [5.74, 6) is 1.58. The van der Waals surface area contributed by atoms with E-state index in [1.165, 1.54) is 23.1 Å². The van der Waals surface area contributed by atoms with Gasteiger partial charge in [0.25, 0.3) is 0 Å². The van der Waals surface area contributed by atoms with Crippen LogP contribution in [0.5, 0.6) is 5.75 Å². The lowest BCUT2D eigenvalue weighted by atomic mass is 9.93. The number of ether oxygens (including phenoxy) is 1. The maximum Gasteiger partial charge on any atom is 0.125 e. The molecule has 0 spiro atoms. The van der Waals surface area contributed by atoms with Gasteiger partial charge in [-0.3, -0.25) is 0 Å². The Morgan fingerprint density at radius 2 is 1.94 bits per heavy atom. The fourth-order valence-corrected chi connectivity index (χ4v) is 2.34. The lowest BCUT2D eigenvalue weighted by molar-refractivity contribution is 0.402. The summed E-state index contributed by atoms with van der Waals surface area (Å²) in [6.45, 7) is 7.42. The Balaban J connectivity index is 3.03. The first-order valence-corrected chi connectivity index (χ1v) is 7.03. The molecule has 0 aliphatic heterocycles. The molecule has 0 fully saturated rings. The van der Waals surface area contributed by atoms with Crippen molar-refractivity contribution in [3.63, 3.8) is 0 Å². The molecule has 2 heteroatoms. The van der Waals surface area contributed by atoms with E-state index in [1.807, 2.05) is 0 Å². The molecular weight excluding hydrogens is 222 g/mol. The number of nitrogens with two attached hydrogens (primary N) is 1. The largest absolute Gasteiger partial charge is 0.496 e. The van der Waals surface area contributed by atoms with Crippen molar-refractivity contribution >= 4 is 0 Å². The molecule has 0 aliphatic rings. The van der Waals surface area contributed by atoms with Crippen molar-refractivity contribution in [3.8, 4) is 5.75 Å². The second kappa shape index (κ2) is 7.42. The summed E-state index contributed by atoms with van der Waals surface area (Å²) >= 11 is 0. The number of rotatable bonds is 7. The highest BCUT2D eigenvalue weighted by Gasteiger charge is 2.13. The Kier molecular flexibility index (Phi) is 6.20. The second-order valence-corrected chi connectivity index (χ2v) is 5.13. The van der Waals surface area contributed by atoms with E-state index in [1.54, 1.807) is 7.11 Å². The van der Waals surface area contributed by atoms with Crippen molar-refractivity contribution in [1.29, 1.82) is 0 Å². The summed E-state index contributed by atoms with van der Waals surface area (Å²) in [6, 6.07) is 4.60. The fraction of sp³-hybridized carbons (Fsp3) is 0.625. The second-order valence-electron chi connectivity index (χ2n) is 5.13. The van der Waals surface area contributed by atoms with Gasteiger partial charge in [-0.15, -0.1) is 0 Å². The van der Waals surface area contributed by atoms with Crippen LogP contribution in [0.3, 0.4) is 0 Å². The maximum atomic E-state index is 5.59. The van der Waals surface area contributed by atoms with Gasteiger partial charge in [-0.1, -0.05) is 32.9 Å². The molecule has 1 aromatic rings. The first-order valence-electron chi connectivity index (χ1n) is 7.03. The molecule has 102 valence electrons. The van der Waals surface area contributed by atoms with Gasteiger partial charge in [0.1, 0.15) is 5.75 Å². The summed E-state index contributed by atoms with van der Waals surface area (Å²) in [5.41, 5.74) is 9.63. The molecule has 0 radical (unpaired) electrons. The molecule has 0 bridgehead atoms. The van der Waals surface area contributed by atoms with Crippen LogP contribution in [0.1, 0.15) is 56.2 Å². The van der Waals surface area contributed by atoms with Gasteiger partial charge in [0.05, 0.1) is 7.11 Å². The smallest absolute Gasteiger partial charge is 0.125 e. The van der Waals surface area contributed by atoms with E-state index in [9.17, 15) is 0 Å². The first-order chi connectivity index (χ1) is 8.63. The van der Waals surface area contributed by atoms with Crippen LogP contribution in [-0.4, -0.2) is 13.7 Å². The van der Waals surface area contributed by atoms with Crippen molar-refractivity contribution in [2.75, 3.05) is 13.7 Å². The lowest BCUT2D eigenvalue weighted by Crippen LogP contribution is -2.03. The van der Waals surface area contributed by atoms with Crippen LogP contribution < -0.4 is 10.5 Å². The first kappa shape index (κ1) is 15.0. The van der Waals surface area contributed by atoms with Crippen LogP contribution in [0, 0.1) is 0 Å². The zero-order valence-electron chi connectivity index (χ0n) is 12.3. The number of benzene rings is 1. The Morgan fingerprint density at radius 3 is 2.44 bits per heavy atom. The fourth-order valence-electron chi connectivity index (χ4n) is 2.34. The Labute approximate surface area is 112 Å². The molecule has 18 heavy (non-hydrogen) atoms. The van der Waals surface area contributed by atoms with Crippen LogP contribution in [0.4, 0.5) is 0 Å². The third kappa shape index (κ3) is 3.74. The van der Waals surface area contributed by atoms with Crippen molar-refractivity contribution in [3.05, 3.63) is 28.8 Å². The summed E-state index contributed by atoms with van der Waals surface area (Å²) in [4.78, 5) is 0. The number of aryl methyl sites for hydroxylation is 2. The summed E-state index contributed by atoms with van der Waals surface area (Å²) < 4.78 is 5.59. The predicted molar refractivity (Wildman–Crippen MR) is 78.5 cm³/mol. The van der Waals surface area contributed by atoms with Crippen LogP contribution in [0.25, 0.3) is 0 Å². The van der Waals surface area contributed by atoms with E-state index < -0.39 is 0 Å². The van der Waals surface area contributed by atoms with Crippen LogP contribution >= 0.6 is 0 Å². The highest BCUT2D eigenvalue weighted by molar-refractivity contribution is 5.46. The Morgan fingerprint density at radius 1 is 1.22 bits per heavy atom. The minimum absolute atomic E-state index is 0.500. The molecule has 0 unspecified atom stereocenters. The normalized spacial score (nSPS) is 11.0. The molecule has 0 aromatic heterocycles. The average Bonchev–Trinajstić information content (AvgIpc) is 2.37. The van der Waals surface area contributed by atoms with Gasteiger partial charge in [-0.05, 0) is 54.8 Å². The van der Waals surface area contributed by atoms with E-state index in [0.29, 0.717) is 5.92 Å². The molecule has 0 saturated carbocycles. The maximum absolute atomic E-state index is 5.59. The summed E-state index contributed by atoms with van der Waals surface area (Å²) in [7, 11) is 1.77. The number of methoxy groups -OCH3 is 1. The highest BCUT2D eigenvalue weighted by atomic mass is 16.5. The van der Waals surface area contributed by atoms with Crippen molar-refractivity contribution < 1.29 is 4.74 Å². The molecule has 1 aromatic carbocycles. The molecule has 0 aliphatic carbocycles. The van der Waals surface area contributed by atoms with E-state index in [4.69, 9.17) is 10.5 Å². The van der Waals surface area contributed by atoms with Gasteiger partial charge in [-0.25, -0.2) is 0 Å². The SMILES string of the molecule is CCc1cc(CCCCN)cc(C(C)C)c1OC. The van der Waals surface area contributed by atoms with Gasteiger partial charge < -0.3 is 10.5 Å². The van der Waals surface area contributed by atoms with Gasteiger partial charge in [-0.2, -0.15) is 0 Å². The van der Waals surface area contributed by atoms with Crippen LogP contribution in [0.15, 0.2) is 12.1 Å². The Bertz CT molecular complexity index is 372. The summed E-state index contributed by atoms with van der Waals surface area (Å²) in [6.07, 6.45) is 4.41. The van der Waals surface area contributed by atoms with E-state index in [-0.39, 0.29) is 0 Å². The molecule has 2 N–H and O–H groups in total. The number of hydrogen-bond acceptors (Lipinski definition) is 2. The van der Waals surface area contributed by atoms with Gasteiger partial charge >= 0.3 is 0 Å². The standard InChI is InChI=1S/C16H27NO/c1-5-14-10-13(8-6-7-9-17)11-15(12(2)3)16(14)18-4/h10-12H,5-9,17H2,1-4H3. The van der Waals surface area contributed by atoms with Gasteiger partial charge in [0, 0.05) is 0 Å². The van der Waals surface area contributed by atoms with E-state index in [0.717, 1.165) is 31.6 Å². The molecule has 1 rings (SSSR count). The van der Waals surface area contributed by atoms with Crippen molar-refractivity contribution in [1.82, 2.24) is 0 Å². The number of hydrogen-bond donors (Lipinski definition) is 1. The molecule has 0 saturated heterocycles. The predicted octanol–water partition coefficient (Wildman–Crippen LogP) is 3.66. The number of unbranched alkanes of at least 4 members (excludes halogenated alkanes) is 1. The van der Waals surface area contributed by atoms with Crippen LogP contribution in [-0.2, 0) is 12.8 Å². The Hall–Kier alpha value is -1.02. The topological polar surface area (TPSA) is 35.2 Å². The monoisotopic (exact) mass is 249 g/mol. The molecule has 0 atom stereocenters. The van der Waals surface area contributed by atoms with Crippen molar-refractivity contribution in [2.24, 2.45) is 5.73 Å². The zero-order chi connectivity index (χ0) is 13.5. The van der Waals surface area contributed by atoms with Crippen LogP contribution in [0.2, 0.25) is 0 Å². The molecule has 2 nitrogen and oxygen atoms in total. The minimum Gasteiger partial charge on any atom is -0.496 e. The minimum atomic E-state index is 0.500. The van der Waals surface area contributed by atoms with Gasteiger partial charge in [0.15, 0.2) is 0 Å². The van der Waals surface area contributed by atoms with Gasteiger partial charge in [0.2, 0.25) is 0 Å². The zero-order valence-corrected chi connectivity index (χ0v) is 12.3. The molecule has 0 amide bonds. The quantitative estimate of drug-likeness (QED) is 0.748. The molecular formula is C16H27NO. The van der Waals surface area contributed by atoms with Crippen molar-refractivity contribution in [2.45, 2.75) is 52.4 Å². The van der Waals surface area contributed by atoms with E-state index in [2.05, 4.69) is 32.9 Å². The molecule has 0 heterocycles. The third-order valence-corrected chi connectivity index (χ3v) is 3.38. The summed E-state index contributed by atoms with van der Waals surface area (Å²) in [5, 5.41) is 0. The third-order valence-electron chi connectivity index (χ3n) is 3.38. The lowest BCUT2D eigenvalue weighted by Gasteiger charge is -2.17. The van der Waals surface area contributed by atoms with E-state index >= 15 is 0 Å². The highest BCUT2D eigenvalue weighted by Crippen LogP contribution is 2.32.